The van der Waals surface area contributed by atoms with E-state index in [1.54, 1.807) is 19.1 Å². The topological polar surface area (TPSA) is 91.2 Å². The number of esters is 1. The Hall–Kier alpha value is -3.29. The number of furan rings is 1. The SMILES string of the molecule is [2H]C1(Cc2ccc(F)cc2F)OC(=O)c2c(-c3ccc(C)o3)nc(N)nc21. The number of benzene rings is 1. The molecule has 3 heterocycles. The van der Waals surface area contributed by atoms with Gasteiger partial charge in [-0.25, -0.2) is 23.5 Å². The van der Waals surface area contributed by atoms with Crippen molar-refractivity contribution in [3.05, 3.63) is 64.5 Å². The molecule has 2 N–H and O–H groups in total. The van der Waals surface area contributed by atoms with Crippen molar-refractivity contribution in [2.75, 3.05) is 5.73 Å². The van der Waals surface area contributed by atoms with Crippen LogP contribution in [0.5, 0.6) is 0 Å². The third-order valence-corrected chi connectivity index (χ3v) is 3.95. The molecule has 1 aromatic carbocycles. The fourth-order valence-electron chi connectivity index (χ4n) is 2.78. The van der Waals surface area contributed by atoms with Gasteiger partial charge in [-0.2, -0.15) is 0 Å². The van der Waals surface area contributed by atoms with Gasteiger partial charge in [0, 0.05) is 12.5 Å². The first-order valence-corrected chi connectivity index (χ1v) is 7.69. The number of anilines is 1. The van der Waals surface area contributed by atoms with E-state index in [4.69, 9.17) is 16.3 Å². The molecule has 3 aromatic rings. The van der Waals surface area contributed by atoms with E-state index in [1.807, 2.05) is 0 Å². The number of aromatic nitrogens is 2. The Balaban J connectivity index is 1.84. The smallest absolute Gasteiger partial charge is 0.343 e. The van der Waals surface area contributed by atoms with E-state index in [1.165, 1.54) is 6.07 Å². The van der Waals surface area contributed by atoms with Gasteiger partial charge in [-0.15, -0.1) is 0 Å². The number of fused-ring (bicyclic) bond motifs is 1. The van der Waals surface area contributed by atoms with Crippen LogP contribution in [0.15, 0.2) is 34.7 Å². The fourth-order valence-corrected chi connectivity index (χ4v) is 2.78. The Kier molecular flexibility index (Phi) is 3.41. The Morgan fingerprint density at radius 3 is 2.77 bits per heavy atom. The van der Waals surface area contributed by atoms with Crippen molar-refractivity contribution >= 4 is 11.9 Å². The highest BCUT2D eigenvalue weighted by Gasteiger charge is 2.37. The van der Waals surface area contributed by atoms with Gasteiger partial charge in [0.05, 0.1) is 1.37 Å². The second-order valence-corrected chi connectivity index (χ2v) is 5.79. The molecule has 1 aliphatic rings. The second-order valence-electron chi connectivity index (χ2n) is 5.79. The minimum absolute atomic E-state index is 0.000346. The summed E-state index contributed by atoms with van der Waals surface area (Å²) in [6.07, 6.45) is -2.40. The molecule has 0 spiro atoms. The van der Waals surface area contributed by atoms with E-state index < -0.39 is 23.7 Å². The van der Waals surface area contributed by atoms with Gasteiger partial charge in [-0.3, -0.25) is 0 Å². The van der Waals surface area contributed by atoms with Crippen molar-refractivity contribution in [2.45, 2.75) is 19.4 Å². The molecule has 0 bridgehead atoms. The van der Waals surface area contributed by atoms with Gasteiger partial charge in [0.25, 0.3) is 0 Å². The zero-order chi connectivity index (χ0) is 19.3. The predicted molar refractivity (Wildman–Crippen MR) is 87.1 cm³/mol. The number of nitrogen functional groups attached to an aromatic ring is 1. The van der Waals surface area contributed by atoms with Gasteiger partial charge in [-0.05, 0) is 30.7 Å². The summed E-state index contributed by atoms with van der Waals surface area (Å²) in [6.45, 7) is 1.72. The van der Waals surface area contributed by atoms with Gasteiger partial charge in [0.15, 0.2) is 5.76 Å². The van der Waals surface area contributed by atoms with Crippen LogP contribution < -0.4 is 5.73 Å². The molecule has 6 nitrogen and oxygen atoms in total. The van der Waals surface area contributed by atoms with Crippen molar-refractivity contribution in [1.29, 1.82) is 0 Å². The van der Waals surface area contributed by atoms with E-state index in [0.717, 1.165) is 6.07 Å². The highest BCUT2D eigenvalue weighted by Crippen LogP contribution is 2.38. The summed E-state index contributed by atoms with van der Waals surface area (Å²) in [5.74, 6) is -1.77. The molecule has 4 rings (SSSR count). The second kappa shape index (κ2) is 5.91. The molecular weight excluding hydrogens is 344 g/mol. The van der Waals surface area contributed by atoms with Crippen LogP contribution in [0, 0.1) is 18.6 Å². The number of hydrogen-bond acceptors (Lipinski definition) is 6. The predicted octanol–water partition coefficient (Wildman–Crippen LogP) is 3.36. The molecule has 132 valence electrons. The quantitative estimate of drug-likeness (QED) is 0.722. The highest BCUT2D eigenvalue weighted by molar-refractivity contribution is 5.99. The third kappa shape index (κ3) is 2.69. The summed E-state index contributed by atoms with van der Waals surface area (Å²) in [4.78, 5) is 20.5. The van der Waals surface area contributed by atoms with Crippen molar-refractivity contribution in [2.24, 2.45) is 0 Å². The molecule has 8 heteroatoms. The van der Waals surface area contributed by atoms with Crippen molar-refractivity contribution < 1.29 is 24.1 Å². The average molecular weight is 358 g/mol. The molecular formula is C18H13F2N3O3. The first-order chi connectivity index (χ1) is 12.8. The maximum atomic E-state index is 14.0. The number of halogens is 2. The average Bonchev–Trinajstić information content (AvgIpc) is 3.12. The minimum Gasteiger partial charge on any atom is -0.460 e. The van der Waals surface area contributed by atoms with Crippen LogP contribution in [0.2, 0.25) is 0 Å². The zero-order valence-corrected chi connectivity index (χ0v) is 13.5. The lowest BCUT2D eigenvalue weighted by molar-refractivity contribution is 0.0381. The maximum Gasteiger partial charge on any atom is 0.343 e. The molecule has 1 unspecified atom stereocenters. The Morgan fingerprint density at radius 1 is 1.27 bits per heavy atom. The van der Waals surface area contributed by atoms with E-state index in [9.17, 15) is 13.6 Å². The minimum atomic E-state index is -2.03. The van der Waals surface area contributed by atoms with Crippen LogP contribution in [0.25, 0.3) is 11.5 Å². The Bertz CT molecular complexity index is 1090. The monoisotopic (exact) mass is 358 g/mol. The Labute approximate surface area is 148 Å². The highest BCUT2D eigenvalue weighted by atomic mass is 19.1. The first-order valence-electron chi connectivity index (χ1n) is 8.19. The largest absolute Gasteiger partial charge is 0.460 e. The van der Waals surface area contributed by atoms with Crippen LogP contribution in [-0.2, 0) is 11.2 Å². The zero-order valence-electron chi connectivity index (χ0n) is 14.5. The number of hydrogen-bond donors (Lipinski definition) is 1. The normalized spacial score (nSPS) is 19.2. The number of nitrogens with zero attached hydrogens (tertiary/aromatic N) is 2. The van der Waals surface area contributed by atoms with Crippen molar-refractivity contribution in [1.82, 2.24) is 9.97 Å². The van der Waals surface area contributed by atoms with Crippen LogP contribution in [0.3, 0.4) is 0 Å². The molecule has 0 saturated carbocycles. The molecule has 0 fully saturated rings. The molecule has 0 aliphatic carbocycles. The van der Waals surface area contributed by atoms with Crippen LogP contribution >= 0.6 is 0 Å². The molecule has 1 aliphatic heterocycles. The number of carbonyl (C=O) groups is 1. The molecule has 2 aromatic heterocycles. The van der Waals surface area contributed by atoms with Crippen molar-refractivity contribution in [3.63, 3.8) is 0 Å². The van der Waals surface area contributed by atoms with Crippen molar-refractivity contribution in [3.8, 4) is 11.5 Å². The van der Waals surface area contributed by atoms with E-state index in [2.05, 4.69) is 9.97 Å². The van der Waals surface area contributed by atoms with Gasteiger partial charge in [0.2, 0.25) is 5.95 Å². The van der Waals surface area contributed by atoms with E-state index in [0.29, 0.717) is 11.8 Å². The first kappa shape index (κ1) is 15.0. The van der Waals surface area contributed by atoms with Gasteiger partial charge >= 0.3 is 5.97 Å². The number of aryl methyl sites for hydroxylation is 1. The lowest BCUT2D eigenvalue weighted by atomic mass is 10.0. The summed E-state index contributed by atoms with van der Waals surface area (Å²) in [7, 11) is 0. The molecule has 26 heavy (non-hydrogen) atoms. The summed E-state index contributed by atoms with van der Waals surface area (Å²) < 4.78 is 46.4. The number of rotatable bonds is 3. The van der Waals surface area contributed by atoms with Crippen LogP contribution in [-0.4, -0.2) is 15.9 Å². The lowest BCUT2D eigenvalue weighted by Crippen LogP contribution is -2.08. The fraction of sp³-hybridized carbons (Fsp3) is 0.167. The summed E-state index contributed by atoms with van der Waals surface area (Å²) >= 11 is 0. The summed E-state index contributed by atoms with van der Waals surface area (Å²) in [6, 6.07) is 6.23. The van der Waals surface area contributed by atoms with Gasteiger partial charge in [-0.1, -0.05) is 6.07 Å². The summed E-state index contributed by atoms with van der Waals surface area (Å²) in [5.41, 5.74) is 5.70. The standard InChI is InChI=1S/C18H13F2N3O3/c1-8-2-5-12(25-8)15-14-16(23-18(21)22-15)13(26-17(14)24)6-9-3-4-10(19)7-11(9)20/h2-5,7,13H,6H2,1H3,(H2,21,22,23)/i13D. The maximum absolute atomic E-state index is 14.0. The van der Waals surface area contributed by atoms with E-state index >= 15 is 0 Å². The third-order valence-electron chi connectivity index (χ3n) is 3.95. The number of nitrogens with two attached hydrogens (primary N) is 1. The molecule has 0 radical (unpaired) electrons. The molecule has 0 amide bonds. The lowest BCUT2D eigenvalue weighted by Gasteiger charge is -2.11. The number of ether oxygens (including phenoxy) is 1. The van der Waals surface area contributed by atoms with Crippen LogP contribution in [0.4, 0.5) is 14.7 Å². The Morgan fingerprint density at radius 2 is 2.08 bits per heavy atom. The van der Waals surface area contributed by atoms with E-state index in [-0.39, 0.29) is 40.6 Å². The van der Waals surface area contributed by atoms with Gasteiger partial charge in [0.1, 0.15) is 40.4 Å². The summed E-state index contributed by atoms with van der Waals surface area (Å²) in [5, 5.41) is 0. The van der Waals surface area contributed by atoms with Crippen LogP contribution in [0.1, 0.15) is 34.8 Å². The number of carbonyl (C=O) groups excluding carboxylic acids is 1. The number of cyclic esters (lactones) is 1. The molecule has 1 atom stereocenters. The van der Waals surface area contributed by atoms with Gasteiger partial charge < -0.3 is 14.9 Å². The molecule has 0 saturated heterocycles.